The van der Waals surface area contributed by atoms with Crippen molar-refractivity contribution in [2.45, 2.75) is 39.3 Å². The van der Waals surface area contributed by atoms with Crippen molar-refractivity contribution >= 4 is 24.3 Å². The Morgan fingerprint density at radius 3 is 2.38 bits per heavy atom. The molecule has 0 aliphatic carbocycles. The number of carbonyl (C=O) groups excluding carboxylic acids is 2. The van der Waals surface area contributed by atoms with Gasteiger partial charge in [-0.25, -0.2) is 0 Å². The summed E-state index contributed by atoms with van der Waals surface area (Å²) >= 11 is 0. The summed E-state index contributed by atoms with van der Waals surface area (Å²) in [7, 11) is 1.37. The normalized spacial score (nSPS) is 11.4. The van der Waals surface area contributed by atoms with Gasteiger partial charge in [0, 0.05) is 13.0 Å². The van der Waals surface area contributed by atoms with Gasteiger partial charge in [0.05, 0.1) is 19.8 Å². The summed E-state index contributed by atoms with van der Waals surface area (Å²) < 4.78 is 10.1. The van der Waals surface area contributed by atoms with Crippen molar-refractivity contribution in [2.24, 2.45) is 11.7 Å². The van der Waals surface area contributed by atoms with E-state index >= 15 is 0 Å². The van der Waals surface area contributed by atoms with E-state index in [9.17, 15) is 9.59 Å². The number of hydrogen-bond acceptors (Lipinski definition) is 5. The molecule has 6 nitrogen and oxygen atoms in total. The Hall–Kier alpha value is -1.79. The summed E-state index contributed by atoms with van der Waals surface area (Å²) in [5.41, 5.74) is 6.75. The first-order valence-electron chi connectivity index (χ1n) is 7.76. The number of ether oxygens (including phenoxy) is 2. The highest BCUT2D eigenvalue weighted by molar-refractivity contribution is 5.85. The Labute approximate surface area is 149 Å². The predicted molar refractivity (Wildman–Crippen MR) is 95.1 cm³/mol. The molecule has 0 aliphatic rings. The number of hydrogen-bond donors (Lipinski definition) is 2. The number of nitrogens with one attached hydrogen (secondary N) is 1. The Morgan fingerprint density at radius 1 is 1.21 bits per heavy atom. The first-order chi connectivity index (χ1) is 10.9. The Bertz CT molecular complexity index is 506. The van der Waals surface area contributed by atoms with Gasteiger partial charge in [-0.1, -0.05) is 26.0 Å². The van der Waals surface area contributed by atoms with Crippen LogP contribution in [0.2, 0.25) is 0 Å². The van der Waals surface area contributed by atoms with Crippen molar-refractivity contribution in [1.29, 1.82) is 0 Å². The maximum atomic E-state index is 11.8. The second-order valence-corrected chi connectivity index (χ2v) is 5.66. The van der Waals surface area contributed by atoms with Crippen LogP contribution in [-0.2, 0) is 20.9 Å². The van der Waals surface area contributed by atoms with Crippen LogP contribution in [0, 0.1) is 5.92 Å². The molecule has 136 valence electrons. The topological polar surface area (TPSA) is 90.6 Å². The summed E-state index contributed by atoms with van der Waals surface area (Å²) in [6.45, 7) is 4.71. The molecule has 1 atom stereocenters. The van der Waals surface area contributed by atoms with Gasteiger partial charge in [0.15, 0.2) is 0 Å². The third-order valence-electron chi connectivity index (χ3n) is 3.43. The summed E-state index contributed by atoms with van der Waals surface area (Å²) in [6.07, 6.45) is 0.953. The molecule has 0 fully saturated rings. The first kappa shape index (κ1) is 22.2. The van der Waals surface area contributed by atoms with Crippen LogP contribution in [0.5, 0.6) is 5.75 Å². The molecule has 7 heteroatoms. The van der Waals surface area contributed by atoms with Crippen LogP contribution in [0.1, 0.15) is 32.3 Å². The van der Waals surface area contributed by atoms with Gasteiger partial charge in [-0.15, -0.1) is 12.4 Å². The molecule has 1 aromatic carbocycles. The lowest BCUT2D eigenvalue weighted by atomic mass is 10.0. The van der Waals surface area contributed by atoms with Crippen molar-refractivity contribution in [2.75, 3.05) is 13.7 Å². The van der Waals surface area contributed by atoms with Gasteiger partial charge < -0.3 is 20.5 Å². The molecular formula is C17H27ClN2O4. The second-order valence-electron chi connectivity index (χ2n) is 5.66. The molecule has 1 amide bonds. The third-order valence-corrected chi connectivity index (χ3v) is 3.43. The third kappa shape index (κ3) is 8.17. The van der Waals surface area contributed by atoms with E-state index in [1.807, 2.05) is 38.1 Å². The molecule has 0 aromatic heterocycles. The molecule has 1 rings (SSSR count). The minimum absolute atomic E-state index is 0. The maximum Gasteiger partial charge on any atom is 0.305 e. The van der Waals surface area contributed by atoms with E-state index < -0.39 is 6.04 Å². The van der Waals surface area contributed by atoms with Crippen LogP contribution in [0.4, 0.5) is 0 Å². The Morgan fingerprint density at radius 2 is 1.83 bits per heavy atom. The zero-order valence-corrected chi connectivity index (χ0v) is 15.2. The molecule has 0 bridgehead atoms. The highest BCUT2D eigenvalue weighted by Crippen LogP contribution is 2.13. The lowest BCUT2D eigenvalue weighted by molar-refractivity contribution is -0.140. The average Bonchev–Trinajstić information content (AvgIpc) is 2.56. The van der Waals surface area contributed by atoms with Crippen molar-refractivity contribution in [3.05, 3.63) is 29.8 Å². The highest BCUT2D eigenvalue weighted by atomic mass is 35.5. The van der Waals surface area contributed by atoms with E-state index in [1.54, 1.807) is 0 Å². The van der Waals surface area contributed by atoms with E-state index in [-0.39, 0.29) is 30.2 Å². The smallest absolute Gasteiger partial charge is 0.305 e. The number of esters is 1. The van der Waals surface area contributed by atoms with Gasteiger partial charge in [-0.2, -0.15) is 0 Å². The van der Waals surface area contributed by atoms with Crippen LogP contribution < -0.4 is 15.8 Å². The fourth-order valence-corrected chi connectivity index (χ4v) is 1.82. The molecule has 0 saturated heterocycles. The summed E-state index contributed by atoms with van der Waals surface area (Å²) in [4.78, 5) is 22.7. The van der Waals surface area contributed by atoms with Crippen LogP contribution in [0.3, 0.4) is 0 Å². The van der Waals surface area contributed by atoms with Gasteiger partial charge in [0.1, 0.15) is 5.75 Å². The SMILES string of the molecule is COC(=O)CCCOc1ccc(CNC(=O)[C@@H](N)C(C)C)cc1.Cl. The number of methoxy groups -OCH3 is 1. The van der Waals surface area contributed by atoms with Crippen molar-refractivity contribution in [3.63, 3.8) is 0 Å². The molecule has 0 radical (unpaired) electrons. The standard InChI is InChI=1S/C17H26N2O4.ClH/c1-12(2)16(18)17(21)19-11-13-6-8-14(9-7-13)23-10-4-5-15(20)22-3;/h6-9,12,16H,4-5,10-11,18H2,1-3H3,(H,19,21);1H/t16-;/m0./s1. The lowest BCUT2D eigenvalue weighted by Crippen LogP contribution is -2.43. The number of carbonyl (C=O) groups is 2. The van der Waals surface area contributed by atoms with E-state index in [0.717, 1.165) is 11.3 Å². The number of amides is 1. The number of nitrogens with two attached hydrogens (primary N) is 1. The van der Waals surface area contributed by atoms with Gasteiger partial charge in [0.25, 0.3) is 0 Å². The Balaban J connectivity index is 0.00000529. The van der Waals surface area contributed by atoms with Gasteiger partial charge >= 0.3 is 5.97 Å². The molecular weight excluding hydrogens is 332 g/mol. The zero-order valence-electron chi connectivity index (χ0n) is 14.4. The average molecular weight is 359 g/mol. The van der Waals surface area contributed by atoms with Crippen LogP contribution in [0.25, 0.3) is 0 Å². The van der Waals surface area contributed by atoms with Gasteiger partial charge in [-0.3, -0.25) is 9.59 Å². The largest absolute Gasteiger partial charge is 0.494 e. The van der Waals surface area contributed by atoms with Crippen molar-refractivity contribution in [1.82, 2.24) is 5.32 Å². The summed E-state index contributed by atoms with van der Waals surface area (Å²) in [5, 5.41) is 2.81. The molecule has 0 unspecified atom stereocenters. The molecule has 0 saturated carbocycles. The van der Waals surface area contributed by atoms with E-state index in [1.165, 1.54) is 7.11 Å². The minimum atomic E-state index is -0.493. The predicted octanol–water partition coefficient (Wildman–Crippen LogP) is 2.04. The highest BCUT2D eigenvalue weighted by Gasteiger charge is 2.16. The number of rotatable bonds is 9. The van der Waals surface area contributed by atoms with Gasteiger partial charge in [0.2, 0.25) is 5.91 Å². The molecule has 24 heavy (non-hydrogen) atoms. The first-order valence-corrected chi connectivity index (χ1v) is 7.76. The van der Waals surface area contributed by atoms with Crippen LogP contribution in [0.15, 0.2) is 24.3 Å². The molecule has 0 spiro atoms. The van der Waals surface area contributed by atoms with Crippen LogP contribution >= 0.6 is 12.4 Å². The Kier molecular flexibility index (Phi) is 10.8. The summed E-state index contributed by atoms with van der Waals surface area (Å²) in [6, 6.07) is 6.95. The zero-order chi connectivity index (χ0) is 17.2. The second kappa shape index (κ2) is 11.7. The van der Waals surface area contributed by atoms with Crippen LogP contribution in [-0.4, -0.2) is 31.6 Å². The lowest BCUT2D eigenvalue weighted by Gasteiger charge is -2.15. The fraction of sp³-hybridized carbons (Fsp3) is 0.529. The molecule has 1 aromatic rings. The molecule has 0 heterocycles. The van der Waals surface area contributed by atoms with Crippen molar-refractivity contribution in [3.8, 4) is 5.75 Å². The van der Waals surface area contributed by atoms with E-state index in [2.05, 4.69) is 10.1 Å². The van der Waals surface area contributed by atoms with E-state index in [4.69, 9.17) is 10.5 Å². The number of halogens is 1. The quantitative estimate of drug-likeness (QED) is 0.520. The van der Waals surface area contributed by atoms with E-state index in [0.29, 0.717) is 26.0 Å². The monoisotopic (exact) mass is 358 g/mol. The number of benzene rings is 1. The fourth-order valence-electron chi connectivity index (χ4n) is 1.82. The van der Waals surface area contributed by atoms with Gasteiger partial charge in [-0.05, 0) is 30.0 Å². The minimum Gasteiger partial charge on any atom is -0.494 e. The summed E-state index contributed by atoms with van der Waals surface area (Å²) in [5.74, 6) is 0.446. The molecule has 3 N–H and O–H groups in total. The molecule has 0 aliphatic heterocycles. The maximum absolute atomic E-state index is 11.8. The van der Waals surface area contributed by atoms with Crippen molar-refractivity contribution < 1.29 is 19.1 Å².